The van der Waals surface area contributed by atoms with Crippen molar-refractivity contribution in [2.75, 3.05) is 18.5 Å². The summed E-state index contributed by atoms with van der Waals surface area (Å²) in [6, 6.07) is 6.52. The molecule has 2 heteroatoms. The number of benzene rings is 1. The van der Waals surface area contributed by atoms with Crippen LogP contribution in [0.1, 0.15) is 24.0 Å². The molecule has 0 atom stereocenters. The van der Waals surface area contributed by atoms with Gasteiger partial charge in [-0.1, -0.05) is 12.1 Å². The summed E-state index contributed by atoms with van der Waals surface area (Å²) in [4.78, 5) is 2.35. The molecule has 0 amide bonds. The summed E-state index contributed by atoms with van der Waals surface area (Å²) in [6.07, 6.45) is 2.79. The largest absolute Gasteiger partial charge is 0.374 e. The minimum atomic E-state index is 0.630. The first-order valence-electron chi connectivity index (χ1n) is 5.71. The van der Waals surface area contributed by atoms with E-state index in [1.807, 2.05) is 0 Å². The van der Waals surface area contributed by atoms with Gasteiger partial charge in [0.1, 0.15) is 0 Å². The summed E-state index contributed by atoms with van der Waals surface area (Å²) in [7, 11) is 2.17. The molecule has 2 N–H and O–H groups in total. The Kier molecular flexibility index (Phi) is 2.96. The number of hydrogen-bond donors (Lipinski definition) is 1. The molecule has 0 aromatic heterocycles. The van der Waals surface area contributed by atoms with Crippen LogP contribution in [0.2, 0.25) is 0 Å². The number of nitrogens with two attached hydrogens (primary N) is 1. The minimum absolute atomic E-state index is 0.630. The third kappa shape index (κ3) is 2.51. The minimum Gasteiger partial charge on any atom is -0.374 e. The molecule has 1 aromatic rings. The molecule has 1 saturated carbocycles. The highest BCUT2D eigenvalue weighted by atomic mass is 15.1. The van der Waals surface area contributed by atoms with Crippen LogP contribution in [0.15, 0.2) is 18.2 Å². The first kappa shape index (κ1) is 10.5. The van der Waals surface area contributed by atoms with Crippen molar-refractivity contribution in [2.45, 2.75) is 26.3 Å². The Morgan fingerprint density at radius 1 is 1.40 bits per heavy atom. The third-order valence-corrected chi connectivity index (χ3v) is 3.10. The lowest BCUT2D eigenvalue weighted by molar-refractivity contribution is 0.782. The van der Waals surface area contributed by atoms with E-state index in [2.05, 4.69) is 37.1 Å². The van der Waals surface area contributed by atoms with Crippen LogP contribution in [0.3, 0.4) is 0 Å². The molecule has 2 nitrogen and oxygen atoms in total. The number of aryl methyl sites for hydroxylation is 1. The van der Waals surface area contributed by atoms with Gasteiger partial charge in [-0.15, -0.1) is 0 Å². The van der Waals surface area contributed by atoms with Crippen molar-refractivity contribution in [1.82, 2.24) is 0 Å². The first-order valence-corrected chi connectivity index (χ1v) is 5.71. The molecule has 1 aliphatic carbocycles. The van der Waals surface area contributed by atoms with Gasteiger partial charge in [0.15, 0.2) is 0 Å². The molecule has 0 aliphatic heterocycles. The third-order valence-electron chi connectivity index (χ3n) is 3.10. The molecule has 0 heterocycles. The normalized spacial score (nSPS) is 15.4. The fourth-order valence-corrected chi connectivity index (χ4v) is 1.99. The van der Waals surface area contributed by atoms with Crippen molar-refractivity contribution in [3.63, 3.8) is 0 Å². The maximum Gasteiger partial charge on any atom is 0.0411 e. The molecular weight excluding hydrogens is 184 g/mol. The molecule has 0 unspecified atom stereocenters. The van der Waals surface area contributed by atoms with Gasteiger partial charge in [0.05, 0.1) is 0 Å². The number of hydrogen-bond acceptors (Lipinski definition) is 2. The van der Waals surface area contributed by atoms with E-state index in [0.717, 1.165) is 5.92 Å². The average Bonchev–Trinajstić information content (AvgIpc) is 3.01. The van der Waals surface area contributed by atoms with Crippen LogP contribution in [0.25, 0.3) is 0 Å². The van der Waals surface area contributed by atoms with Gasteiger partial charge in [0.2, 0.25) is 0 Å². The molecule has 0 spiro atoms. The van der Waals surface area contributed by atoms with Crippen LogP contribution >= 0.6 is 0 Å². The van der Waals surface area contributed by atoms with Crippen molar-refractivity contribution in [3.05, 3.63) is 29.3 Å². The molecule has 82 valence electrons. The Balaban J connectivity index is 2.18. The Hall–Kier alpha value is -1.02. The van der Waals surface area contributed by atoms with Crippen LogP contribution in [-0.4, -0.2) is 13.6 Å². The first-order chi connectivity index (χ1) is 7.20. The van der Waals surface area contributed by atoms with E-state index >= 15 is 0 Å². The molecule has 1 fully saturated rings. The van der Waals surface area contributed by atoms with Crippen LogP contribution in [-0.2, 0) is 6.54 Å². The predicted octanol–water partition coefficient (Wildman–Crippen LogP) is 2.30. The maximum absolute atomic E-state index is 5.76. The summed E-state index contributed by atoms with van der Waals surface area (Å²) < 4.78 is 0. The molecule has 0 radical (unpaired) electrons. The van der Waals surface area contributed by atoms with Gasteiger partial charge < -0.3 is 10.6 Å². The van der Waals surface area contributed by atoms with Gasteiger partial charge in [-0.2, -0.15) is 0 Å². The van der Waals surface area contributed by atoms with E-state index < -0.39 is 0 Å². The van der Waals surface area contributed by atoms with E-state index in [0.29, 0.717) is 6.54 Å². The van der Waals surface area contributed by atoms with Gasteiger partial charge in [0.25, 0.3) is 0 Å². The lowest BCUT2D eigenvalue weighted by Gasteiger charge is -2.22. The average molecular weight is 204 g/mol. The number of nitrogens with zero attached hydrogens (tertiary/aromatic N) is 1. The second-order valence-electron chi connectivity index (χ2n) is 4.66. The van der Waals surface area contributed by atoms with Crippen LogP contribution in [0, 0.1) is 12.8 Å². The fraction of sp³-hybridized carbons (Fsp3) is 0.538. The SMILES string of the molecule is Cc1ccc(CN)c(N(C)CC2CC2)c1. The van der Waals surface area contributed by atoms with E-state index in [1.54, 1.807) is 0 Å². The topological polar surface area (TPSA) is 29.3 Å². The van der Waals surface area contributed by atoms with Gasteiger partial charge >= 0.3 is 0 Å². The summed E-state index contributed by atoms with van der Waals surface area (Å²) in [5, 5.41) is 0. The molecule has 0 bridgehead atoms. The van der Waals surface area contributed by atoms with Crippen molar-refractivity contribution < 1.29 is 0 Å². The van der Waals surface area contributed by atoms with Gasteiger partial charge in [-0.3, -0.25) is 0 Å². The summed E-state index contributed by atoms with van der Waals surface area (Å²) in [5.74, 6) is 0.918. The van der Waals surface area contributed by atoms with E-state index in [1.165, 1.54) is 36.2 Å². The lowest BCUT2D eigenvalue weighted by Crippen LogP contribution is -2.22. The molecule has 0 saturated heterocycles. The van der Waals surface area contributed by atoms with Gasteiger partial charge in [-0.05, 0) is 42.9 Å². The van der Waals surface area contributed by atoms with E-state index in [9.17, 15) is 0 Å². The molecular formula is C13H20N2. The maximum atomic E-state index is 5.76. The Labute approximate surface area is 92.1 Å². The standard InChI is InChI=1S/C13H20N2/c1-10-3-6-12(8-14)13(7-10)15(2)9-11-4-5-11/h3,6-7,11H,4-5,8-9,14H2,1-2H3. The van der Waals surface area contributed by atoms with E-state index in [4.69, 9.17) is 5.73 Å². The second kappa shape index (κ2) is 4.23. The Morgan fingerprint density at radius 2 is 2.13 bits per heavy atom. The van der Waals surface area contributed by atoms with Gasteiger partial charge in [0, 0.05) is 25.8 Å². The Morgan fingerprint density at radius 3 is 2.73 bits per heavy atom. The highest BCUT2D eigenvalue weighted by Crippen LogP contribution is 2.31. The van der Waals surface area contributed by atoms with Crippen molar-refractivity contribution >= 4 is 5.69 Å². The zero-order chi connectivity index (χ0) is 10.8. The van der Waals surface area contributed by atoms with E-state index in [-0.39, 0.29) is 0 Å². The number of rotatable bonds is 4. The molecule has 15 heavy (non-hydrogen) atoms. The highest BCUT2D eigenvalue weighted by molar-refractivity contribution is 5.55. The summed E-state index contributed by atoms with van der Waals surface area (Å²) in [5.41, 5.74) is 9.63. The molecule has 2 rings (SSSR count). The predicted molar refractivity (Wildman–Crippen MR) is 65.1 cm³/mol. The smallest absolute Gasteiger partial charge is 0.0411 e. The summed E-state index contributed by atoms with van der Waals surface area (Å²) >= 11 is 0. The summed E-state index contributed by atoms with van der Waals surface area (Å²) in [6.45, 7) is 3.94. The zero-order valence-electron chi connectivity index (χ0n) is 9.66. The molecule has 1 aromatic carbocycles. The van der Waals surface area contributed by atoms with Crippen molar-refractivity contribution in [2.24, 2.45) is 11.7 Å². The van der Waals surface area contributed by atoms with Crippen LogP contribution < -0.4 is 10.6 Å². The van der Waals surface area contributed by atoms with Gasteiger partial charge in [-0.25, -0.2) is 0 Å². The fourth-order valence-electron chi connectivity index (χ4n) is 1.99. The van der Waals surface area contributed by atoms with Crippen molar-refractivity contribution in [3.8, 4) is 0 Å². The highest BCUT2D eigenvalue weighted by Gasteiger charge is 2.23. The lowest BCUT2D eigenvalue weighted by atomic mass is 10.1. The molecule has 1 aliphatic rings. The monoisotopic (exact) mass is 204 g/mol. The quantitative estimate of drug-likeness (QED) is 0.815. The van der Waals surface area contributed by atoms with Crippen molar-refractivity contribution in [1.29, 1.82) is 0 Å². The zero-order valence-corrected chi connectivity index (χ0v) is 9.66. The second-order valence-corrected chi connectivity index (χ2v) is 4.66. The Bertz CT molecular complexity index is 342. The number of anilines is 1. The van der Waals surface area contributed by atoms with Crippen LogP contribution in [0.4, 0.5) is 5.69 Å². The van der Waals surface area contributed by atoms with Crippen LogP contribution in [0.5, 0.6) is 0 Å².